The summed E-state index contributed by atoms with van der Waals surface area (Å²) in [7, 11) is 0. The lowest BCUT2D eigenvalue weighted by atomic mass is 9.99. The molecule has 0 saturated carbocycles. The predicted octanol–water partition coefficient (Wildman–Crippen LogP) is 1.79. The van der Waals surface area contributed by atoms with E-state index in [-0.39, 0.29) is 11.8 Å². The van der Waals surface area contributed by atoms with Crippen molar-refractivity contribution in [2.75, 3.05) is 0 Å². The number of hydrogen-bond acceptors (Lipinski definition) is 4. The van der Waals surface area contributed by atoms with E-state index in [1.807, 2.05) is 17.7 Å². The van der Waals surface area contributed by atoms with E-state index in [0.29, 0.717) is 6.42 Å². The van der Waals surface area contributed by atoms with Gasteiger partial charge in [0.1, 0.15) is 0 Å². The summed E-state index contributed by atoms with van der Waals surface area (Å²) < 4.78 is 1.95. The SMILES string of the molecule is C[C@H]1CC(=O)NN=C1c1cc(-n2ccnc2)cs1. The molecule has 1 amide bonds. The van der Waals surface area contributed by atoms with E-state index in [2.05, 4.69) is 27.0 Å². The third kappa shape index (κ3) is 1.95. The molecule has 0 radical (unpaired) electrons. The highest BCUT2D eigenvalue weighted by atomic mass is 32.1. The number of hydrogen-bond donors (Lipinski definition) is 1. The van der Waals surface area contributed by atoms with Crippen LogP contribution >= 0.6 is 11.3 Å². The average molecular weight is 260 g/mol. The fourth-order valence-electron chi connectivity index (χ4n) is 1.96. The lowest BCUT2D eigenvalue weighted by Gasteiger charge is -2.17. The molecule has 0 saturated heterocycles. The van der Waals surface area contributed by atoms with E-state index in [1.54, 1.807) is 23.9 Å². The number of carbonyl (C=O) groups excluding carboxylic acids is 1. The van der Waals surface area contributed by atoms with Gasteiger partial charge >= 0.3 is 0 Å². The zero-order valence-corrected chi connectivity index (χ0v) is 10.6. The van der Waals surface area contributed by atoms with Crippen LogP contribution in [0.2, 0.25) is 0 Å². The lowest BCUT2D eigenvalue weighted by molar-refractivity contribution is -0.121. The van der Waals surface area contributed by atoms with Crippen LogP contribution in [0, 0.1) is 5.92 Å². The van der Waals surface area contributed by atoms with Gasteiger partial charge in [-0.05, 0) is 6.07 Å². The highest BCUT2D eigenvalue weighted by molar-refractivity contribution is 7.12. The highest BCUT2D eigenvalue weighted by Gasteiger charge is 2.22. The zero-order chi connectivity index (χ0) is 12.5. The molecule has 0 bridgehead atoms. The Morgan fingerprint density at radius 3 is 3.17 bits per heavy atom. The van der Waals surface area contributed by atoms with Crippen LogP contribution in [0.5, 0.6) is 0 Å². The molecular formula is C12H12N4OS. The number of aromatic nitrogens is 2. The van der Waals surface area contributed by atoms with Crippen LogP contribution in [0.25, 0.3) is 5.69 Å². The number of nitrogens with zero attached hydrogens (tertiary/aromatic N) is 3. The molecule has 0 unspecified atom stereocenters. The molecule has 6 heteroatoms. The summed E-state index contributed by atoms with van der Waals surface area (Å²) in [6.07, 6.45) is 5.91. The van der Waals surface area contributed by atoms with Crippen molar-refractivity contribution in [1.82, 2.24) is 15.0 Å². The van der Waals surface area contributed by atoms with E-state index < -0.39 is 0 Å². The molecule has 1 aliphatic heterocycles. The van der Waals surface area contributed by atoms with Crippen LogP contribution in [0.4, 0.5) is 0 Å². The van der Waals surface area contributed by atoms with Gasteiger partial charge in [0.05, 0.1) is 22.6 Å². The summed E-state index contributed by atoms with van der Waals surface area (Å²) in [5, 5.41) is 6.22. The van der Waals surface area contributed by atoms with Gasteiger partial charge in [0.25, 0.3) is 0 Å². The van der Waals surface area contributed by atoms with Crippen LogP contribution in [0.15, 0.2) is 35.3 Å². The molecule has 92 valence electrons. The number of amides is 1. The first-order valence-corrected chi connectivity index (χ1v) is 6.55. The van der Waals surface area contributed by atoms with E-state index in [9.17, 15) is 4.79 Å². The first kappa shape index (κ1) is 11.2. The predicted molar refractivity (Wildman–Crippen MR) is 69.9 cm³/mol. The molecule has 0 aliphatic carbocycles. The third-order valence-electron chi connectivity index (χ3n) is 2.90. The molecule has 3 rings (SSSR count). The molecular weight excluding hydrogens is 248 g/mol. The number of nitrogens with one attached hydrogen (secondary N) is 1. The number of hydrazone groups is 1. The molecule has 0 aromatic carbocycles. The fraction of sp³-hybridized carbons (Fsp3) is 0.250. The minimum atomic E-state index is -0.0161. The maximum atomic E-state index is 11.2. The molecule has 5 nitrogen and oxygen atoms in total. The van der Waals surface area contributed by atoms with Gasteiger partial charge in [-0.15, -0.1) is 11.3 Å². The molecule has 0 fully saturated rings. The highest BCUT2D eigenvalue weighted by Crippen LogP contribution is 2.24. The van der Waals surface area contributed by atoms with Crippen LogP contribution in [0.1, 0.15) is 18.2 Å². The van der Waals surface area contributed by atoms with Gasteiger partial charge in [0.15, 0.2) is 0 Å². The molecule has 0 spiro atoms. The maximum Gasteiger partial charge on any atom is 0.240 e. The van der Waals surface area contributed by atoms with Crippen molar-refractivity contribution in [3.8, 4) is 5.69 Å². The Hall–Kier alpha value is -1.95. The van der Waals surface area contributed by atoms with E-state index in [4.69, 9.17) is 0 Å². The smallest absolute Gasteiger partial charge is 0.240 e. The molecule has 18 heavy (non-hydrogen) atoms. The molecule has 1 N–H and O–H groups in total. The van der Waals surface area contributed by atoms with Crippen molar-refractivity contribution < 1.29 is 4.79 Å². The fourth-order valence-corrected chi connectivity index (χ4v) is 2.95. The monoisotopic (exact) mass is 260 g/mol. The number of carbonyl (C=O) groups is 1. The van der Waals surface area contributed by atoms with Gasteiger partial charge in [-0.25, -0.2) is 10.4 Å². The Balaban J connectivity index is 1.92. The number of rotatable bonds is 2. The lowest BCUT2D eigenvalue weighted by Crippen LogP contribution is -2.31. The zero-order valence-electron chi connectivity index (χ0n) is 9.83. The molecule has 1 atom stereocenters. The van der Waals surface area contributed by atoms with E-state index >= 15 is 0 Å². The van der Waals surface area contributed by atoms with Crippen molar-refractivity contribution in [2.45, 2.75) is 13.3 Å². The van der Waals surface area contributed by atoms with Gasteiger partial charge in [-0.1, -0.05) is 6.92 Å². The first-order valence-electron chi connectivity index (χ1n) is 5.67. The van der Waals surface area contributed by atoms with E-state index in [1.165, 1.54) is 0 Å². The van der Waals surface area contributed by atoms with Crippen LogP contribution in [0.3, 0.4) is 0 Å². The van der Waals surface area contributed by atoms with E-state index in [0.717, 1.165) is 16.3 Å². The van der Waals surface area contributed by atoms with Gasteiger partial charge in [-0.3, -0.25) is 4.79 Å². The Bertz CT molecular complexity index is 599. The Labute approximate surface area is 108 Å². The maximum absolute atomic E-state index is 11.2. The standard InChI is InChI=1S/C12H12N4OS/c1-8-4-11(17)14-15-12(8)10-5-9(6-18-10)16-3-2-13-7-16/h2-3,5-8H,4H2,1H3,(H,14,17)/t8-/m0/s1. The van der Waals surface area contributed by atoms with Gasteiger partial charge < -0.3 is 4.57 Å². The molecule has 1 aliphatic rings. The van der Waals surface area contributed by atoms with Gasteiger partial charge in [-0.2, -0.15) is 5.10 Å². The molecule has 2 aromatic heterocycles. The molecule has 3 heterocycles. The van der Waals surface area contributed by atoms with Crippen molar-refractivity contribution in [3.05, 3.63) is 35.0 Å². The third-order valence-corrected chi connectivity index (χ3v) is 3.84. The van der Waals surface area contributed by atoms with Crippen molar-refractivity contribution in [3.63, 3.8) is 0 Å². The second-order valence-electron chi connectivity index (χ2n) is 4.28. The summed E-state index contributed by atoms with van der Waals surface area (Å²) in [5.74, 6) is 0.144. The topological polar surface area (TPSA) is 59.3 Å². The summed E-state index contributed by atoms with van der Waals surface area (Å²) in [5.41, 5.74) is 4.56. The van der Waals surface area contributed by atoms with Crippen molar-refractivity contribution in [2.24, 2.45) is 11.0 Å². The van der Waals surface area contributed by atoms with Gasteiger partial charge in [0, 0.05) is 30.1 Å². The van der Waals surface area contributed by atoms with Gasteiger partial charge in [0.2, 0.25) is 5.91 Å². The summed E-state index contributed by atoms with van der Waals surface area (Å²) in [6, 6.07) is 2.07. The summed E-state index contributed by atoms with van der Waals surface area (Å²) in [6.45, 7) is 2.02. The Kier molecular flexibility index (Phi) is 2.71. The first-order chi connectivity index (χ1) is 8.74. The minimum Gasteiger partial charge on any atom is -0.305 e. The van der Waals surface area contributed by atoms with Crippen LogP contribution in [-0.2, 0) is 4.79 Å². The summed E-state index contributed by atoms with van der Waals surface area (Å²) >= 11 is 1.63. The number of thiophene rings is 1. The quantitative estimate of drug-likeness (QED) is 0.895. The average Bonchev–Trinajstić information content (AvgIpc) is 2.99. The van der Waals surface area contributed by atoms with Crippen molar-refractivity contribution in [1.29, 1.82) is 0 Å². The van der Waals surface area contributed by atoms with Crippen LogP contribution < -0.4 is 5.43 Å². The minimum absolute atomic E-state index is 0.0161. The second-order valence-corrected chi connectivity index (χ2v) is 5.19. The Morgan fingerprint density at radius 1 is 1.56 bits per heavy atom. The number of imidazole rings is 1. The van der Waals surface area contributed by atoms with Crippen LogP contribution in [-0.4, -0.2) is 21.2 Å². The Morgan fingerprint density at radius 2 is 2.44 bits per heavy atom. The van der Waals surface area contributed by atoms with Crippen molar-refractivity contribution >= 4 is 23.0 Å². The molecule has 2 aromatic rings. The largest absolute Gasteiger partial charge is 0.305 e. The normalized spacial score (nSPS) is 19.5. The second kappa shape index (κ2) is 4.38. The summed E-state index contributed by atoms with van der Waals surface area (Å²) in [4.78, 5) is 16.3.